The number of benzene rings is 1. The fraction of sp³-hybridized carbons (Fsp3) is 0.500. The van der Waals surface area contributed by atoms with E-state index in [-0.39, 0.29) is 0 Å². The van der Waals surface area contributed by atoms with Crippen molar-refractivity contribution in [3.05, 3.63) is 42.0 Å². The molecular weight excluding hydrogens is 238 g/mol. The van der Waals surface area contributed by atoms with Crippen LogP contribution in [0.15, 0.2) is 36.4 Å². The summed E-state index contributed by atoms with van der Waals surface area (Å²) in [4.78, 5) is 0. The summed E-state index contributed by atoms with van der Waals surface area (Å²) < 4.78 is 10.6. The maximum atomic E-state index is 5.45. The highest BCUT2D eigenvalue weighted by atomic mass is 16.5. The van der Waals surface area contributed by atoms with E-state index >= 15 is 0 Å². The van der Waals surface area contributed by atoms with Crippen LogP contribution in [0.2, 0.25) is 0 Å². The molecule has 0 radical (unpaired) electrons. The van der Waals surface area contributed by atoms with Crippen molar-refractivity contribution in [2.24, 2.45) is 0 Å². The number of ether oxygens (including phenoxy) is 2. The predicted octanol–water partition coefficient (Wildman–Crippen LogP) is 2.81. The van der Waals surface area contributed by atoms with Gasteiger partial charge < -0.3 is 14.8 Å². The maximum absolute atomic E-state index is 5.45. The number of methoxy groups -OCH3 is 1. The first-order chi connectivity index (χ1) is 9.11. The first kappa shape index (κ1) is 15.7. The smallest absolute Gasteiger partial charge is 0.118 e. The van der Waals surface area contributed by atoms with Gasteiger partial charge in [0, 0.05) is 12.6 Å². The lowest BCUT2D eigenvalue weighted by Crippen LogP contribution is -2.31. The second-order valence-electron chi connectivity index (χ2n) is 4.92. The molecule has 0 amide bonds. The van der Waals surface area contributed by atoms with E-state index < -0.39 is 0 Å². The van der Waals surface area contributed by atoms with Gasteiger partial charge in [-0.15, -0.1) is 0 Å². The summed E-state index contributed by atoms with van der Waals surface area (Å²) in [6.45, 7) is 10.2. The number of nitrogens with one attached hydrogen (secondary N) is 1. The molecule has 1 atom stereocenters. The van der Waals surface area contributed by atoms with Crippen molar-refractivity contribution in [3.8, 4) is 5.75 Å². The van der Waals surface area contributed by atoms with Gasteiger partial charge in [0.2, 0.25) is 0 Å². The molecule has 0 spiro atoms. The van der Waals surface area contributed by atoms with Crippen LogP contribution >= 0.6 is 0 Å². The van der Waals surface area contributed by atoms with Crippen molar-refractivity contribution in [2.75, 3.05) is 26.9 Å². The summed E-state index contributed by atoms with van der Waals surface area (Å²) >= 11 is 0. The van der Waals surface area contributed by atoms with Crippen molar-refractivity contribution < 1.29 is 9.47 Å². The number of hydrogen-bond acceptors (Lipinski definition) is 3. The van der Waals surface area contributed by atoms with Crippen LogP contribution in [0.1, 0.15) is 19.4 Å². The van der Waals surface area contributed by atoms with Gasteiger partial charge in [-0.2, -0.15) is 0 Å². The average Bonchev–Trinajstić information content (AvgIpc) is 2.39. The zero-order valence-electron chi connectivity index (χ0n) is 12.2. The summed E-state index contributed by atoms with van der Waals surface area (Å²) in [5.74, 6) is 0.901. The predicted molar refractivity (Wildman–Crippen MR) is 79.8 cm³/mol. The van der Waals surface area contributed by atoms with Crippen molar-refractivity contribution in [3.63, 3.8) is 0 Å². The Balaban J connectivity index is 2.19. The van der Waals surface area contributed by atoms with E-state index in [4.69, 9.17) is 9.47 Å². The van der Waals surface area contributed by atoms with E-state index in [0.717, 1.165) is 30.9 Å². The number of rotatable bonds is 9. The fourth-order valence-electron chi connectivity index (χ4n) is 1.81. The van der Waals surface area contributed by atoms with Crippen molar-refractivity contribution in [2.45, 2.75) is 26.3 Å². The maximum Gasteiger partial charge on any atom is 0.118 e. The molecule has 1 unspecified atom stereocenters. The van der Waals surface area contributed by atoms with E-state index in [1.165, 1.54) is 5.56 Å². The Bertz CT molecular complexity index is 373. The van der Waals surface area contributed by atoms with Crippen LogP contribution in [0.25, 0.3) is 0 Å². The van der Waals surface area contributed by atoms with Gasteiger partial charge in [-0.3, -0.25) is 0 Å². The van der Waals surface area contributed by atoms with E-state index in [2.05, 4.69) is 31.0 Å². The summed E-state index contributed by atoms with van der Waals surface area (Å²) in [6.07, 6.45) is 1.00. The van der Waals surface area contributed by atoms with Gasteiger partial charge in [0.1, 0.15) is 5.75 Å². The molecule has 0 bridgehead atoms. The van der Waals surface area contributed by atoms with Crippen LogP contribution in [0.4, 0.5) is 0 Å². The SMILES string of the molecule is C=C(C)COCCNC(C)Cc1ccc(OC)cc1. The van der Waals surface area contributed by atoms with Crippen molar-refractivity contribution in [1.82, 2.24) is 5.32 Å². The van der Waals surface area contributed by atoms with Crippen LogP contribution in [0.3, 0.4) is 0 Å². The van der Waals surface area contributed by atoms with Gasteiger partial charge in [0.25, 0.3) is 0 Å². The quantitative estimate of drug-likeness (QED) is 0.549. The highest BCUT2D eigenvalue weighted by Gasteiger charge is 2.03. The van der Waals surface area contributed by atoms with Gasteiger partial charge >= 0.3 is 0 Å². The Morgan fingerprint density at radius 3 is 2.58 bits per heavy atom. The molecule has 0 fully saturated rings. The third kappa shape index (κ3) is 6.99. The van der Waals surface area contributed by atoms with Crippen LogP contribution in [0.5, 0.6) is 5.75 Å². The second-order valence-corrected chi connectivity index (χ2v) is 4.92. The lowest BCUT2D eigenvalue weighted by molar-refractivity contribution is 0.156. The van der Waals surface area contributed by atoms with Crippen LogP contribution in [-0.2, 0) is 11.2 Å². The van der Waals surface area contributed by atoms with E-state index in [1.807, 2.05) is 19.1 Å². The third-order valence-corrected chi connectivity index (χ3v) is 2.79. The van der Waals surface area contributed by atoms with Gasteiger partial charge in [-0.05, 0) is 38.0 Å². The minimum absolute atomic E-state index is 0.432. The fourth-order valence-corrected chi connectivity index (χ4v) is 1.81. The molecular formula is C16H25NO2. The molecule has 1 aromatic rings. The molecule has 3 nitrogen and oxygen atoms in total. The molecule has 3 heteroatoms. The third-order valence-electron chi connectivity index (χ3n) is 2.79. The molecule has 106 valence electrons. The molecule has 0 aliphatic heterocycles. The first-order valence-electron chi connectivity index (χ1n) is 6.70. The van der Waals surface area contributed by atoms with E-state index in [0.29, 0.717) is 12.6 Å². The molecule has 19 heavy (non-hydrogen) atoms. The molecule has 0 aliphatic rings. The Morgan fingerprint density at radius 1 is 1.32 bits per heavy atom. The van der Waals surface area contributed by atoms with Crippen LogP contribution in [0, 0.1) is 0 Å². The zero-order valence-corrected chi connectivity index (χ0v) is 12.2. The standard InChI is InChI=1S/C16H25NO2/c1-13(2)12-19-10-9-17-14(3)11-15-5-7-16(18-4)8-6-15/h5-8,14,17H,1,9-12H2,2-4H3. The Hall–Kier alpha value is -1.32. The summed E-state index contributed by atoms with van der Waals surface area (Å²) in [7, 11) is 1.68. The normalized spacial score (nSPS) is 12.2. The van der Waals surface area contributed by atoms with Gasteiger partial charge in [-0.1, -0.05) is 24.3 Å². The lowest BCUT2D eigenvalue weighted by Gasteiger charge is -2.14. The first-order valence-corrected chi connectivity index (χ1v) is 6.70. The summed E-state index contributed by atoms with van der Waals surface area (Å²) in [5.41, 5.74) is 2.37. The molecule has 0 heterocycles. The highest BCUT2D eigenvalue weighted by molar-refractivity contribution is 5.27. The molecule has 1 rings (SSSR count). The summed E-state index contributed by atoms with van der Waals surface area (Å²) in [5, 5.41) is 3.45. The average molecular weight is 263 g/mol. The Kier molecular flexibility index (Phi) is 7.23. The van der Waals surface area contributed by atoms with Crippen molar-refractivity contribution in [1.29, 1.82) is 0 Å². The second kappa shape index (κ2) is 8.73. The lowest BCUT2D eigenvalue weighted by atomic mass is 10.1. The highest BCUT2D eigenvalue weighted by Crippen LogP contribution is 2.12. The zero-order chi connectivity index (χ0) is 14.1. The Labute approximate surface area is 116 Å². The Morgan fingerprint density at radius 2 is 2.00 bits per heavy atom. The topological polar surface area (TPSA) is 30.5 Å². The molecule has 1 N–H and O–H groups in total. The molecule has 0 aromatic heterocycles. The van der Waals surface area contributed by atoms with Gasteiger partial charge in [-0.25, -0.2) is 0 Å². The largest absolute Gasteiger partial charge is 0.497 e. The van der Waals surface area contributed by atoms with Gasteiger partial charge in [0.05, 0.1) is 20.3 Å². The van der Waals surface area contributed by atoms with Crippen LogP contribution in [-0.4, -0.2) is 32.9 Å². The van der Waals surface area contributed by atoms with Crippen LogP contribution < -0.4 is 10.1 Å². The summed E-state index contributed by atoms with van der Waals surface area (Å²) in [6, 6.07) is 8.64. The molecule has 1 aromatic carbocycles. The van der Waals surface area contributed by atoms with Crippen molar-refractivity contribution >= 4 is 0 Å². The van der Waals surface area contributed by atoms with E-state index in [1.54, 1.807) is 7.11 Å². The molecule has 0 aliphatic carbocycles. The number of hydrogen-bond donors (Lipinski definition) is 1. The monoisotopic (exact) mass is 263 g/mol. The van der Waals surface area contributed by atoms with Gasteiger partial charge in [0.15, 0.2) is 0 Å². The molecule has 0 saturated heterocycles. The molecule has 0 saturated carbocycles. The minimum atomic E-state index is 0.432. The minimum Gasteiger partial charge on any atom is -0.497 e. The van der Waals surface area contributed by atoms with E-state index in [9.17, 15) is 0 Å².